The van der Waals surface area contributed by atoms with Crippen molar-refractivity contribution in [3.05, 3.63) is 17.5 Å². The first-order valence-corrected chi connectivity index (χ1v) is 13.3. The smallest absolute Gasteiger partial charge is 0.158 e. The molecular weight excluding hydrogens is 394 g/mol. The fraction of sp³-hybridized carbons (Fsp3) is 0.821. The lowest BCUT2D eigenvalue weighted by atomic mass is 9.47. The van der Waals surface area contributed by atoms with Crippen LogP contribution in [0.15, 0.2) is 6.20 Å². The number of fused-ring (bicyclic) bond motifs is 7. The van der Waals surface area contributed by atoms with Crippen molar-refractivity contribution < 1.29 is 4.79 Å². The van der Waals surface area contributed by atoms with Crippen LogP contribution in [0.3, 0.4) is 0 Å². The van der Waals surface area contributed by atoms with Gasteiger partial charge in [-0.3, -0.25) is 9.48 Å². The van der Waals surface area contributed by atoms with E-state index in [1.165, 1.54) is 44.9 Å². The third kappa shape index (κ3) is 2.78. The van der Waals surface area contributed by atoms with Crippen molar-refractivity contribution in [3.8, 4) is 6.07 Å². The Balaban J connectivity index is 1.26. The van der Waals surface area contributed by atoms with Gasteiger partial charge >= 0.3 is 0 Å². The van der Waals surface area contributed by atoms with Gasteiger partial charge in [0.1, 0.15) is 12.6 Å². The molecular formula is C28H39N3O. The summed E-state index contributed by atoms with van der Waals surface area (Å²) in [5, 5.41) is 13.6. The van der Waals surface area contributed by atoms with Crippen molar-refractivity contribution in [1.82, 2.24) is 9.78 Å². The summed E-state index contributed by atoms with van der Waals surface area (Å²) in [6.07, 6.45) is 11.4. The van der Waals surface area contributed by atoms with Gasteiger partial charge in [-0.2, -0.15) is 10.4 Å². The minimum Gasteiger partial charge on any atom is -0.297 e. The molecule has 0 amide bonds. The molecule has 0 spiro atoms. The minimum atomic E-state index is 0.175. The van der Waals surface area contributed by atoms with Crippen LogP contribution in [-0.2, 0) is 11.3 Å². The Hall–Kier alpha value is -1.63. The molecule has 0 saturated heterocycles. The second kappa shape index (κ2) is 7.18. The molecule has 4 heteroatoms. The monoisotopic (exact) mass is 433 g/mol. The lowest BCUT2D eigenvalue weighted by Crippen LogP contribution is -2.51. The van der Waals surface area contributed by atoms with E-state index in [-0.39, 0.29) is 11.3 Å². The highest BCUT2D eigenvalue weighted by Crippen LogP contribution is 2.76. The van der Waals surface area contributed by atoms with E-state index >= 15 is 0 Å². The topological polar surface area (TPSA) is 58.7 Å². The predicted octanol–water partition coefficient (Wildman–Crippen LogP) is 5.64. The third-order valence-corrected chi connectivity index (χ3v) is 11.4. The Bertz CT molecular complexity index is 974. The zero-order chi connectivity index (χ0) is 22.4. The highest BCUT2D eigenvalue weighted by atomic mass is 16.1. The summed E-state index contributed by atoms with van der Waals surface area (Å²) in [6, 6.07) is 2.20. The molecule has 5 aliphatic carbocycles. The molecule has 1 heterocycles. The fourth-order valence-corrected chi connectivity index (χ4v) is 10.1. The normalized spacial score (nSPS) is 48.7. The van der Waals surface area contributed by atoms with E-state index in [4.69, 9.17) is 0 Å². The molecule has 1 aromatic heterocycles. The maximum absolute atomic E-state index is 13.8. The largest absolute Gasteiger partial charge is 0.297 e. The number of nitrogens with zero attached hydrogens (tertiary/aromatic N) is 3. The highest BCUT2D eigenvalue weighted by molar-refractivity contribution is 5.83. The maximum Gasteiger partial charge on any atom is 0.158 e. The Morgan fingerprint density at radius 3 is 2.69 bits per heavy atom. The van der Waals surface area contributed by atoms with E-state index in [0.717, 1.165) is 47.1 Å². The Morgan fingerprint density at radius 1 is 1.16 bits per heavy atom. The zero-order valence-electron chi connectivity index (χ0n) is 20.3. The van der Waals surface area contributed by atoms with E-state index in [1.807, 2.05) is 6.92 Å². The van der Waals surface area contributed by atoms with Gasteiger partial charge in [-0.15, -0.1) is 0 Å². The quantitative estimate of drug-likeness (QED) is 0.620. The van der Waals surface area contributed by atoms with Gasteiger partial charge in [0.25, 0.3) is 0 Å². The van der Waals surface area contributed by atoms with Crippen LogP contribution < -0.4 is 0 Å². The molecule has 172 valence electrons. The van der Waals surface area contributed by atoms with Crippen molar-refractivity contribution in [2.45, 2.75) is 79.2 Å². The molecule has 5 saturated carbocycles. The average molecular weight is 434 g/mol. The van der Waals surface area contributed by atoms with Crippen molar-refractivity contribution in [2.75, 3.05) is 0 Å². The molecule has 4 nitrogen and oxygen atoms in total. The molecule has 32 heavy (non-hydrogen) atoms. The van der Waals surface area contributed by atoms with E-state index < -0.39 is 0 Å². The van der Waals surface area contributed by atoms with Crippen molar-refractivity contribution in [1.29, 1.82) is 5.26 Å². The SMILES string of the molecule is Cc1c(C#N)cnn1CC(=O)C1C2C(C3C4CCC5CC(C)CCC5C4CCC13C)[C@@H]2C. The van der Waals surface area contributed by atoms with Crippen LogP contribution in [-0.4, -0.2) is 15.6 Å². The summed E-state index contributed by atoms with van der Waals surface area (Å²) in [7, 11) is 0. The van der Waals surface area contributed by atoms with Gasteiger partial charge in [-0.1, -0.05) is 27.2 Å². The van der Waals surface area contributed by atoms with Gasteiger partial charge in [0.05, 0.1) is 17.5 Å². The first-order valence-electron chi connectivity index (χ1n) is 13.3. The number of aromatic nitrogens is 2. The Morgan fingerprint density at radius 2 is 1.94 bits per heavy atom. The van der Waals surface area contributed by atoms with Gasteiger partial charge in [0.15, 0.2) is 5.78 Å². The summed E-state index contributed by atoms with van der Waals surface area (Å²) >= 11 is 0. The Kier molecular flexibility index (Phi) is 4.70. The van der Waals surface area contributed by atoms with Crippen LogP contribution in [0, 0.1) is 82.8 Å². The molecule has 6 rings (SSSR count). The first-order chi connectivity index (χ1) is 15.3. The molecule has 5 aliphatic rings. The van der Waals surface area contributed by atoms with E-state index in [0.29, 0.717) is 29.7 Å². The number of carbonyl (C=O) groups is 1. The van der Waals surface area contributed by atoms with Crippen LogP contribution in [0.25, 0.3) is 0 Å². The molecule has 0 N–H and O–H groups in total. The lowest BCUT2D eigenvalue weighted by Gasteiger charge is -2.57. The molecule has 0 bridgehead atoms. The fourth-order valence-electron chi connectivity index (χ4n) is 10.1. The van der Waals surface area contributed by atoms with Gasteiger partial charge in [-0.25, -0.2) is 0 Å². The van der Waals surface area contributed by atoms with Crippen LogP contribution in [0.5, 0.6) is 0 Å². The number of hydrogen-bond donors (Lipinski definition) is 0. The number of hydrogen-bond acceptors (Lipinski definition) is 3. The second-order valence-corrected chi connectivity index (χ2v) is 12.7. The number of nitriles is 1. The van der Waals surface area contributed by atoms with E-state index in [2.05, 4.69) is 31.9 Å². The van der Waals surface area contributed by atoms with Crippen molar-refractivity contribution in [2.24, 2.45) is 64.6 Å². The molecule has 5 fully saturated rings. The number of Topliss-reactive ketones (excluding diaryl/α,β-unsaturated/α-hetero) is 1. The van der Waals surface area contributed by atoms with Crippen molar-refractivity contribution >= 4 is 5.78 Å². The standard InChI is InChI=1S/C28H39N3O/c1-15-5-7-20-18(11-15)6-8-22-21(20)9-10-28(4)26(22)24-16(2)25(24)27(28)23(32)14-31-17(3)19(12-29)13-30-31/h13,15-16,18,20-22,24-27H,5-11,14H2,1-4H3/t15?,16-,18?,20?,21?,22?,24?,25?,26?,27?,28?/m0/s1. The second-order valence-electron chi connectivity index (χ2n) is 12.7. The summed E-state index contributed by atoms with van der Waals surface area (Å²) < 4.78 is 1.78. The van der Waals surface area contributed by atoms with Gasteiger partial charge < -0.3 is 0 Å². The average Bonchev–Trinajstić information content (AvgIpc) is 3.12. The van der Waals surface area contributed by atoms with E-state index in [9.17, 15) is 10.1 Å². The summed E-state index contributed by atoms with van der Waals surface area (Å²) in [6.45, 7) is 9.62. The van der Waals surface area contributed by atoms with Gasteiger partial charge in [-0.05, 0) is 104 Å². The molecule has 0 radical (unpaired) electrons. The molecule has 1 aromatic rings. The number of rotatable bonds is 3. The summed E-state index contributed by atoms with van der Waals surface area (Å²) in [5.74, 6) is 8.04. The van der Waals surface area contributed by atoms with Crippen LogP contribution in [0.2, 0.25) is 0 Å². The molecule has 11 atom stereocenters. The minimum absolute atomic E-state index is 0.175. The van der Waals surface area contributed by atoms with Crippen LogP contribution in [0.4, 0.5) is 0 Å². The first kappa shape index (κ1) is 20.9. The molecule has 0 aromatic carbocycles. The Labute approximate surface area is 193 Å². The summed E-state index contributed by atoms with van der Waals surface area (Å²) in [4.78, 5) is 13.8. The molecule has 10 unspecified atom stereocenters. The molecule has 0 aliphatic heterocycles. The van der Waals surface area contributed by atoms with Crippen LogP contribution in [0.1, 0.15) is 77.0 Å². The van der Waals surface area contributed by atoms with Gasteiger partial charge in [0, 0.05) is 5.92 Å². The lowest BCUT2D eigenvalue weighted by molar-refractivity contribution is -0.135. The van der Waals surface area contributed by atoms with E-state index in [1.54, 1.807) is 10.9 Å². The van der Waals surface area contributed by atoms with Crippen LogP contribution >= 0.6 is 0 Å². The zero-order valence-corrected chi connectivity index (χ0v) is 20.3. The van der Waals surface area contributed by atoms with Gasteiger partial charge in [0.2, 0.25) is 0 Å². The highest BCUT2D eigenvalue weighted by Gasteiger charge is 2.73. The third-order valence-electron chi connectivity index (χ3n) is 11.4. The maximum atomic E-state index is 13.8. The summed E-state index contributed by atoms with van der Waals surface area (Å²) in [5.41, 5.74) is 1.59. The number of ketones is 1. The van der Waals surface area contributed by atoms with Crippen molar-refractivity contribution in [3.63, 3.8) is 0 Å². The number of carbonyl (C=O) groups excluding carboxylic acids is 1. The predicted molar refractivity (Wildman–Crippen MR) is 123 cm³/mol.